The van der Waals surface area contributed by atoms with Gasteiger partial charge in [0.1, 0.15) is 0 Å². The number of amides is 2. The first-order valence-corrected chi connectivity index (χ1v) is 6.90. The smallest absolute Gasteiger partial charge is 0.265 e. The zero-order valence-electron chi connectivity index (χ0n) is 11.4. The number of benzene rings is 2. The number of hydrogen-bond donors (Lipinski definition) is 3. The van der Waals surface area contributed by atoms with Crippen LogP contribution in [0, 0.1) is 0 Å². The van der Waals surface area contributed by atoms with Crippen LogP contribution in [0.5, 0.6) is 0 Å². The van der Waals surface area contributed by atoms with Crippen molar-refractivity contribution in [3.05, 3.63) is 64.2 Å². The maximum Gasteiger partial charge on any atom is 0.265 e. The zero-order chi connectivity index (χ0) is 15.7. The van der Waals surface area contributed by atoms with Gasteiger partial charge in [0.2, 0.25) is 0 Å². The van der Waals surface area contributed by atoms with Crippen LogP contribution >= 0.6 is 11.6 Å². The van der Waals surface area contributed by atoms with Crippen molar-refractivity contribution in [2.75, 3.05) is 5.32 Å². The molecule has 0 unspecified atom stereocenters. The van der Waals surface area contributed by atoms with Gasteiger partial charge < -0.3 is 5.32 Å². The number of nitrogens with two attached hydrogens (primary N) is 1. The van der Waals surface area contributed by atoms with E-state index in [1.165, 1.54) is 0 Å². The molecule has 2 aromatic rings. The highest BCUT2D eigenvalue weighted by molar-refractivity contribution is 6.36. The third-order valence-electron chi connectivity index (χ3n) is 3.38. The molecule has 1 aliphatic rings. The van der Waals surface area contributed by atoms with E-state index in [9.17, 15) is 9.59 Å². The highest BCUT2D eigenvalue weighted by Gasteiger charge is 2.23. The number of fused-ring (bicyclic) bond motifs is 1. The van der Waals surface area contributed by atoms with E-state index in [1.807, 2.05) is 0 Å². The summed E-state index contributed by atoms with van der Waals surface area (Å²) in [5.74, 6) is 4.54. The standard InChI is InChI=1S/C16H12ClN3O2/c17-11-5-6-12-13(16(22)19-14(12)8-11)7-9-1-3-10(4-2-9)15(21)20-18/h1-8H,18H2,(H,19,22)(H,20,21)/b13-7+. The van der Waals surface area contributed by atoms with Gasteiger partial charge >= 0.3 is 0 Å². The molecular weight excluding hydrogens is 302 g/mol. The Bertz CT molecular complexity index is 798. The Labute approximate surface area is 131 Å². The van der Waals surface area contributed by atoms with E-state index in [2.05, 4.69) is 10.7 Å². The molecule has 0 bridgehead atoms. The highest BCUT2D eigenvalue weighted by atomic mass is 35.5. The second-order valence-corrected chi connectivity index (χ2v) is 5.23. The van der Waals surface area contributed by atoms with Crippen LogP contribution in [-0.2, 0) is 4.79 Å². The fraction of sp³-hybridized carbons (Fsp3) is 0. The predicted molar refractivity (Wildman–Crippen MR) is 86.0 cm³/mol. The number of rotatable bonds is 2. The van der Waals surface area contributed by atoms with E-state index in [0.717, 1.165) is 11.1 Å². The zero-order valence-corrected chi connectivity index (χ0v) is 12.1. The minimum absolute atomic E-state index is 0.180. The number of hydrazine groups is 1. The lowest BCUT2D eigenvalue weighted by Crippen LogP contribution is -2.29. The van der Waals surface area contributed by atoms with Crippen molar-refractivity contribution in [2.24, 2.45) is 5.84 Å². The molecular formula is C16H12ClN3O2. The summed E-state index contributed by atoms with van der Waals surface area (Å²) in [4.78, 5) is 23.5. The van der Waals surface area contributed by atoms with Crippen LogP contribution < -0.4 is 16.6 Å². The summed E-state index contributed by atoms with van der Waals surface area (Å²) in [5, 5.41) is 3.34. The topological polar surface area (TPSA) is 84.2 Å². The van der Waals surface area contributed by atoms with Gasteiger partial charge in [0.15, 0.2) is 0 Å². The molecule has 5 nitrogen and oxygen atoms in total. The van der Waals surface area contributed by atoms with Crippen molar-refractivity contribution < 1.29 is 9.59 Å². The first-order valence-electron chi connectivity index (χ1n) is 6.52. The Hall–Kier alpha value is -2.63. The van der Waals surface area contributed by atoms with E-state index in [1.54, 1.807) is 48.5 Å². The average molecular weight is 314 g/mol. The Kier molecular flexibility index (Phi) is 3.66. The largest absolute Gasteiger partial charge is 0.321 e. The quantitative estimate of drug-likeness (QED) is 0.344. The molecule has 3 rings (SSSR count). The van der Waals surface area contributed by atoms with E-state index >= 15 is 0 Å². The molecule has 0 aliphatic carbocycles. The maximum atomic E-state index is 12.1. The molecule has 6 heteroatoms. The molecule has 0 saturated carbocycles. The highest BCUT2D eigenvalue weighted by Crippen LogP contribution is 2.34. The number of anilines is 1. The van der Waals surface area contributed by atoms with Gasteiger partial charge in [-0.2, -0.15) is 0 Å². The fourth-order valence-corrected chi connectivity index (χ4v) is 2.46. The Balaban J connectivity index is 1.96. The van der Waals surface area contributed by atoms with Gasteiger partial charge in [-0.15, -0.1) is 0 Å². The Morgan fingerprint density at radius 1 is 1.18 bits per heavy atom. The van der Waals surface area contributed by atoms with Gasteiger partial charge in [0.25, 0.3) is 11.8 Å². The lowest BCUT2D eigenvalue weighted by molar-refractivity contribution is -0.110. The SMILES string of the molecule is NNC(=O)c1ccc(/C=C2/C(=O)Nc3cc(Cl)ccc32)cc1. The molecule has 0 aromatic heterocycles. The van der Waals surface area contributed by atoms with Crippen LogP contribution in [0.1, 0.15) is 21.5 Å². The van der Waals surface area contributed by atoms with Crippen LogP contribution in [-0.4, -0.2) is 11.8 Å². The van der Waals surface area contributed by atoms with E-state index in [-0.39, 0.29) is 11.8 Å². The van der Waals surface area contributed by atoms with Gasteiger partial charge in [-0.3, -0.25) is 15.0 Å². The Morgan fingerprint density at radius 2 is 1.91 bits per heavy atom. The lowest BCUT2D eigenvalue weighted by atomic mass is 10.0. The summed E-state index contributed by atoms with van der Waals surface area (Å²) in [6, 6.07) is 12.0. The van der Waals surface area contributed by atoms with Crippen molar-refractivity contribution in [2.45, 2.75) is 0 Å². The third kappa shape index (κ3) is 2.59. The van der Waals surface area contributed by atoms with E-state index < -0.39 is 0 Å². The van der Waals surface area contributed by atoms with Crippen molar-refractivity contribution >= 4 is 40.8 Å². The first-order chi connectivity index (χ1) is 10.6. The molecule has 0 saturated heterocycles. The molecule has 0 fully saturated rings. The fourth-order valence-electron chi connectivity index (χ4n) is 2.29. The molecule has 4 N–H and O–H groups in total. The van der Waals surface area contributed by atoms with E-state index in [4.69, 9.17) is 17.4 Å². The monoisotopic (exact) mass is 313 g/mol. The summed E-state index contributed by atoms with van der Waals surface area (Å²) >= 11 is 5.92. The first kappa shape index (κ1) is 14.3. The van der Waals surface area contributed by atoms with Crippen molar-refractivity contribution in [3.8, 4) is 0 Å². The number of carbonyl (C=O) groups excluding carboxylic acids is 2. The average Bonchev–Trinajstić information content (AvgIpc) is 2.82. The van der Waals surface area contributed by atoms with Crippen LogP contribution in [0.15, 0.2) is 42.5 Å². The number of carbonyl (C=O) groups is 2. The summed E-state index contributed by atoms with van der Waals surface area (Å²) in [6.07, 6.45) is 1.76. The van der Waals surface area contributed by atoms with Gasteiger partial charge in [-0.1, -0.05) is 29.8 Å². The second kappa shape index (κ2) is 5.63. The minimum Gasteiger partial charge on any atom is -0.321 e. The number of nitrogens with one attached hydrogen (secondary N) is 2. The second-order valence-electron chi connectivity index (χ2n) is 4.80. The predicted octanol–water partition coefficient (Wildman–Crippen LogP) is 2.44. The van der Waals surface area contributed by atoms with E-state index in [0.29, 0.717) is 21.8 Å². The molecule has 2 aromatic carbocycles. The summed E-state index contributed by atoms with van der Waals surface area (Å²) in [5.41, 5.74) is 5.39. The third-order valence-corrected chi connectivity index (χ3v) is 3.61. The summed E-state index contributed by atoms with van der Waals surface area (Å²) in [7, 11) is 0. The van der Waals surface area contributed by atoms with Crippen LogP contribution in [0.4, 0.5) is 5.69 Å². The number of hydrogen-bond acceptors (Lipinski definition) is 3. The van der Waals surface area contributed by atoms with Crippen molar-refractivity contribution in [1.82, 2.24) is 5.43 Å². The van der Waals surface area contributed by atoms with Gasteiger partial charge in [0, 0.05) is 21.7 Å². The number of nitrogen functional groups attached to an aromatic ring is 1. The van der Waals surface area contributed by atoms with Gasteiger partial charge in [0.05, 0.1) is 5.69 Å². The minimum atomic E-state index is -0.363. The normalized spacial score (nSPS) is 14.6. The Morgan fingerprint density at radius 3 is 2.59 bits per heavy atom. The van der Waals surface area contributed by atoms with Crippen LogP contribution in [0.3, 0.4) is 0 Å². The van der Waals surface area contributed by atoms with Gasteiger partial charge in [-0.25, -0.2) is 5.84 Å². The molecule has 1 heterocycles. The summed E-state index contributed by atoms with van der Waals surface area (Å²) in [6.45, 7) is 0. The molecule has 2 amide bonds. The molecule has 0 spiro atoms. The molecule has 110 valence electrons. The molecule has 0 atom stereocenters. The molecule has 22 heavy (non-hydrogen) atoms. The molecule has 1 aliphatic heterocycles. The van der Waals surface area contributed by atoms with Crippen molar-refractivity contribution in [1.29, 1.82) is 0 Å². The number of halogens is 1. The van der Waals surface area contributed by atoms with Crippen molar-refractivity contribution in [3.63, 3.8) is 0 Å². The molecule has 0 radical (unpaired) electrons. The maximum absolute atomic E-state index is 12.1. The lowest BCUT2D eigenvalue weighted by Gasteiger charge is -2.01. The van der Waals surface area contributed by atoms with Crippen LogP contribution in [0.25, 0.3) is 11.6 Å². The van der Waals surface area contributed by atoms with Gasteiger partial charge in [-0.05, 0) is 35.9 Å². The summed E-state index contributed by atoms with van der Waals surface area (Å²) < 4.78 is 0. The van der Waals surface area contributed by atoms with Crippen LogP contribution in [0.2, 0.25) is 5.02 Å².